The van der Waals surface area contributed by atoms with Gasteiger partial charge >= 0.3 is 35.5 Å². The van der Waals surface area contributed by atoms with E-state index in [2.05, 4.69) is 11.7 Å². The molecule has 0 fully saturated rings. The molecule has 2 N–H and O–H groups in total. The van der Waals surface area contributed by atoms with Gasteiger partial charge in [-0.1, -0.05) is 71.1 Å². The van der Waals surface area contributed by atoms with Gasteiger partial charge in [-0.05, 0) is 6.42 Å². The fraction of sp³-hybridized carbons (Fsp3) is 0.933. The molecule has 0 aromatic heterocycles. The maximum atomic E-state index is 11.1. The molecule has 0 aliphatic rings. The van der Waals surface area contributed by atoms with Gasteiger partial charge in [0, 0.05) is 0 Å². The molecule has 0 aromatic rings. The van der Waals surface area contributed by atoms with Crippen LogP contribution in [0.15, 0.2) is 0 Å². The number of esters is 1. The van der Waals surface area contributed by atoms with E-state index in [9.17, 15) is 4.79 Å². The van der Waals surface area contributed by atoms with Gasteiger partial charge in [-0.25, -0.2) is 0 Å². The quantitative estimate of drug-likeness (QED) is 0.329. The van der Waals surface area contributed by atoms with E-state index in [-0.39, 0.29) is 37.0 Å². The zero-order chi connectivity index (χ0) is 13.6. The van der Waals surface area contributed by atoms with Gasteiger partial charge in [-0.2, -0.15) is 0 Å². The Balaban J connectivity index is -0.00000144. The smallest absolute Gasteiger partial charge is 1.00 e. The maximum absolute atomic E-state index is 11.1. The molecule has 0 aliphatic heterocycles. The van der Waals surface area contributed by atoms with E-state index in [1.165, 1.54) is 64.9 Å². The van der Waals surface area contributed by atoms with Crippen LogP contribution in [0.2, 0.25) is 0 Å². The molecule has 4 heteroatoms. The Bertz CT molecular complexity index is 206. The summed E-state index contributed by atoms with van der Waals surface area (Å²) in [6.45, 7) is 2.25. The molecule has 0 rings (SSSR count). The third-order valence-electron chi connectivity index (χ3n) is 3.37. The van der Waals surface area contributed by atoms with E-state index in [0.29, 0.717) is 0 Å². The van der Waals surface area contributed by atoms with Crippen LogP contribution in [0.4, 0.5) is 0 Å². The fourth-order valence-corrected chi connectivity index (χ4v) is 2.12. The third kappa shape index (κ3) is 14.6. The van der Waals surface area contributed by atoms with Crippen molar-refractivity contribution in [3.63, 3.8) is 0 Å². The summed E-state index contributed by atoms with van der Waals surface area (Å²) in [5.74, 6) is -0.286. The number of carbonyl (C=O) groups is 1. The predicted molar refractivity (Wildman–Crippen MR) is 77.6 cm³/mol. The van der Waals surface area contributed by atoms with Crippen molar-refractivity contribution in [2.75, 3.05) is 7.11 Å². The Hall–Kier alpha value is 0.430. The van der Waals surface area contributed by atoms with Gasteiger partial charge in [0.1, 0.15) is 6.04 Å². The van der Waals surface area contributed by atoms with E-state index in [0.717, 1.165) is 12.8 Å². The van der Waals surface area contributed by atoms with Crippen LogP contribution in [0.3, 0.4) is 0 Å². The van der Waals surface area contributed by atoms with Crippen LogP contribution in [0.1, 0.15) is 79.0 Å². The van der Waals surface area contributed by atoms with Crippen molar-refractivity contribution in [3.8, 4) is 0 Å². The molecule has 0 saturated carbocycles. The normalized spacial score (nSPS) is 11.7. The van der Waals surface area contributed by atoms with Crippen LogP contribution in [-0.2, 0) is 9.53 Å². The van der Waals surface area contributed by atoms with Gasteiger partial charge in [0.15, 0.2) is 0 Å². The van der Waals surface area contributed by atoms with E-state index >= 15 is 0 Å². The minimum Gasteiger partial charge on any atom is -1.00 e. The van der Waals surface area contributed by atoms with E-state index in [1.807, 2.05) is 0 Å². The van der Waals surface area contributed by atoms with Crippen LogP contribution >= 0.6 is 0 Å². The van der Waals surface area contributed by atoms with Crippen LogP contribution in [0.25, 0.3) is 0 Å². The van der Waals surface area contributed by atoms with Gasteiger partial charge < -0.3 is 11.9 Å². The van der Waals surface area contributed by atoms with E-state index in [1.54, 1.807) is 0 Å². The Labute approximate surface area is 142 Å². The van der Waals surface area contributed by atoms with Crippen LogP contribution < -0.4 is 35.3 Å². The molecule has 0 amide bonds. The van der Waals surface area contributed by atoms with Gasteiger partial charge in [-0.15, -0.1) is 0 Å². The largest absolute Gasteiger partial charge is 1.00 e. The van der Waals surface area contributed by atoms with Crippen LogP contribution in [0.5, 0.6) is 0 Å². The Morgan fingerprint density at radius 1 is 1.00 bits per heavy atom. The maximum Gasteiger partial charge on any atom is 1.00 e. The number of carbonyl (C=O) groups excluding carboxylic acids is 1. The SMILES string of the molecule is CCCCCCCCCCCCC(N)C(=O)OC.[H-].[Na+]. The van der Waals surface area contributed by atoms with Crippen LogP contribution in [0, 0.1) is 0 Å². The number of hydrogen-bond acceptors (Lipinski definition) is 3. The minimum absolute atomic E-state index is 0. The summed E-state index contributed by atoms with van der Waals surface area (Å²) in [5, 5.41) is 0. The molecule has 110 valence electrons. The van der Waals surface area contributed by atoms with Crippen molar-refractivity contribution in [1.29, 1.82) is 0 Å². The molecule has 0 spiro atoms. The fourth-order valence-electron chi connectivity index (χ4n) is 2.12. The van der Waals surface area contributed by atoms with Crippen molar-refractivity contribution in [2.24, 2.45) is 5.73 Å². The number of ether oxygens (including phenoxy) is 1. The van der Waals surface area contributed by atoms with Crippen molar-refractivity contribution in [2.45, 2.75) is 83.6 Å². The first-order chi connectivity index (χ1) is 8.72. The summed E-state index contributed by atoms with van der Waals surface area (Å²) in [4.78, 5) is 11.1. The standard InChI is InChI=1S/C15H31NO2.Na.H/c1-3-4-5-6-7-8-9-10-11-12-13-14(16)15(17)18-2;;/h14H,3-13,16H2,1-2H3;;/q;+1;-1. The summed E-state index contributed by atoms with van der Waals surface area (Å²) in [5.41, 5.74) is 5.66. The first-order valence-corrected chi connectivity index (χ1v) is 7.55. The van der Waals surface area contributed by atoms with Crippen molar-refractivity contribution in [3.05, 3.63) is 0 Å². The van der Waals surface area contributed by atoms with Crippen molar-refractivity contribution < 1.29 is 40.5 Å². The molecule has 0 radical (unpaired) electrons. The van der Waals surface area contributed by atoms with Crippen molar-refractivity contribution in [1.82, 2.24) is 0 Å². The molecule has 0 heterocycles. The summed E-state index contributed by atoms with van der Waals surface area (Å²) in [6, 6.07) is -0.427. The zero-order valence-electron chi connectivity index (χ0n) is 14.2. The van der Waals surface area contributed by atoms with Gasteiger partial charge in [0.05, 0.1) is 7.11 Å². The summed E-state index contributed by atoms with van der Waals surface area (Å²) in [6.07, 6.45) is 13.8. The van der Waals surface area contributed by atoms with Gasteiger partial charge in [0.2, 0.25) is 0 Å². The second-order valence-corrected chi connectivity index (χ2v) is 5.10. The summed E-state index contributed by atoms with van der Waals surface area (Å²) < 4.78 is 4.59. The van der Waals surface area contributed by atoms with Crippen LogP contribution in [-0.4, -0.2) is 19.1 Å². The molecule has 3 nitrogen and oxygen atoms in total. The molecule has 0 bridgehead atoms. The monoisotopic (exact) mass is 281 g/mol. The first kappa shape index (κ1) is 21.7. The van der Waals surface area contributed by atoms with E-state index < -0.39 is 6.04 Å². The zero-order valence-corrected chi connectivity index (χ0v) is 15.2. The first-order valence-electron chi connectivity index (χ1n) is 7.55. The number of unbranched alkanes of at least 4 members (excludes halogenated alkanes) is 9. The average molecular weight is 281 g/mol. The average Bonchev–Trinajstić information content (AvgIpc) is 2.39. The second kappa shape index (κ2) is 16.5. The summed E-state index contributed by atoms with van der Waals surface area (Å²) >= 11 is 0. The molecule has 19 heavy (non-hydrogen) atoms. The minimum atomic E-state index is -0.427. The Morgan fingerprint density at radius 3 is 1.84 bits per heavy atom. The van der Waals surface area contributed by atoms with Gasteiger partial charge in [0.25, 0.3) is 0 Å². The molecule has 1 atom stereocenters. The molecule has 1 unspecified atom stereocenters. The second-order valence-electron chi connectivity index (χ2n) is 5.10. The third-order valence-corrected chi connectivity index (χ3v) is 3.37. The van der Waals surface area contributed by atoms with Crippen molar-refractivity contribution >= 4 is 5.97 Å². The molecular weight excluding hydrogens is 249 g/mol. The Kier molecular flexibility index (Phi) is 18.8. The number of methoxy groups -OCH3 is 1. The van der Waals surface area contributed by atoms with E-state index in [4.69, 9.17) is 5.73 Å². The molecule has 0 saturated heterocycles. The predicted octanol–water partition coefficient (Wildman–Crippen LogP) is 0.914. The number of hydrogen-bond donors (Lipinski definition) is 1. The number of nitrogens with two attached hydrogens (primary N) is 1. The Morgan fingerprint density at radius 2 is 1.42 bits per heavy atom. The number of rotatable bonds is 12. The van der Waals surface area contributed by atoms with Gasteiger partial charge in [-0.3, -0.25) is 4.79 Å². The topological polar surface area (TPSA) is 52.3 Å². The molecule has 0 aromatic carbocycles. The summed E-state index contributed by atoms with van der Waals surface area (Å²) in [7, 11) is 1.39. The molecular formula is C15H32NNaO2. The molecule has 0 aliphatic carbocycles.